The topological polar surface area (TPSA) is 78.5 Å². The molecule has 3 aromatic rings. The van der Waals surface area contributed by atoms with Crippen molar-refractivity contribution in [1.82, 2.24) is 4.98 Å². The predicted octanol–water partition coefficient (Wildman–Crippen LogP) is 3.18. The molecule has 3 N–H and O–H groups in total. The number of amidine groups is 1. The summed E-state index contributed by atoms with van der Waals surface area (Å²) in [6, 6.07) is 12.5. The molecule has 7 nitrogen and oxygen atoms in total. The number of hydrogen-bond donors (Lipinski definition) is 2. The number of anilines is 1. The third-order valence-corrected chi connectivity index (χ3v) is 7.67. The van der Waals surface area contributed by atoms with Crippen molar-refractivity contribution in [3.8, 4) is 11.5 Å². The Morgan fingerprint density at radius 1 is 1.17 bits per heavy atom. The summed E-state index contributed by atoms with van der Waals surface area (Å²) in [6.07, 6.45) is 7.07. The minimum absolute atomic E-state index is 0.696. The summed E-state index contributed by atoms with van der Waals surface area (Å²) >= 11 is 1.77. The monoisotopic (exact) mass is 507 g/mol. The number of nitrogens with two attached hydrogens (primary N) is 1. The maximum absolute atomic E-state index is 6.01. The summed E-state index contributed by atoms with van der Waals surface area (Å²) in [7, 11) is 7.52. The van der Waals surface area contributed by atoms with Crippen LogP contribution in [0.2, 0.25) is 0 Å². The Morgan fingerprint density at radius 3 is 2.64 bits per heavy atom. The average molecular weight is 508 g/mol. The van der Waals surface area contributed by atoms with E-state index in [1.165, 1.54) is 10.6 Å². The van der Waals surface area contributed by atoms with Gasteiger partial charge in [-0.3, -0.25) is 10.7 Å². The summed E-state index contributed by atoms with van der Waals surface area (Å²) < 4.78 is 13.4. The van der Waals surface area contributed by atoms with Gasteiger partial charge in [0, 0.05) is 30.5 Å². The third kappa shape index (κ3) is 5.43. The quantitative estimate of drug-likeness (QED) is 0.190. The largest absolute Gasteiger partial charge is 0.493 e. The highest BCUT2D eigenvalue weighted by molar-refractivity contribution is 8.03. The number of aromatic nitrogens is 2. The molecule has 36 heavy (non-hydrogen) atoms. The minimum atomic E-state index is 0.696. The number of nitrogens with one attached hydrogen (secondary N) is 1. The molecule has 0 saturated heterocycles. The van der Waals surface area contributed by atoms with Gasteiger partial charge in [-0.1, -0.05) is 30.8 Å². The van der Waals surface area contributed by atoms with Crippen molar-refractivity contribution < 1.29 is 19.0 Å². The van der Waals surface area contributed by atoms with Crippen LogP contribution in [0.3, 0.4) is 0 Å². The summed E-state index contributed by atoms with van der Waals surface area (Å²) in [5.74, 6) is 3.32. The third-order valence-electron chi connectivity index (χ3n) is 6.51. The van der Waals surface area contributed by atoms with Crippen LogP contribution in [0, 0.1) is 0 Å². The highest BCUT2D eigenvalue weighted by Crippen LogP contribution is 2.45. The highest BCUT2D eigenvalue weighted by Gasteiger charge is 2.25. The maximum atomic E-state index is 6.01. The van der Waals surface area contributed by atoms with Crippen LogP contribution in [0.15, 0.2) is 46.3 Å². The molecule has 1 aliphatic heterocycles. The zero-order valence-corrected chi connectivity index (χ0v) is 22.7. The van der Waals surface area contributed by atoms with Crippen molar-refractivity contribution in [1.29, 1.82) is 0 Å². The number of aryl methyl sites for hydroxylation is 2. The lowest BCUT2D eigenvalue weighted by Gasteiger charge is -2.14. The first-order valence-electron chi connectivity index (χ1n) is 12.5. The number of methoxy groups -OCH3 is 2. The molecular weight excluding hydrogens is 470 g/mol. The molecule has 0 atom stereocenters. The first-order valence-corrected chi connectivity index (χ1v) is 13.3. The number of hydrogen-bond acceptors (Lipinski definition) is 5. The summed E-state index contributed by atoms with van der Waals surface area (Å²) in [6.45, 7) is 3.02. The van der Waals surface area contributed by atoms with Crippen molar-refractivity contribution in [2.24, 2.45) is 12.8 Å². The van der Waals surface area contributed by atoms with Crippen molar-refractivity contribution in [3.05, 3.63) is 52.9 Å². The highest BCUT2D eigenvalue weighted by atomic mass is 32.2. The Labute approximate surface area is 218 Å². The van der Waals surface area contributed by atoms with E-state index in [1.54, 1.807) is 26.0 Å². The van der Waals surface area contributed by atoms with Gasteiger partial charge in [-0.25, -0.2) is 4.57 Å². The lowest BCUT2D eigenvalue weighted by atomic mass is 10.1. The second kappa shape index (κ2) is 11.6. The van der Waals surface area contributed by atoms with E-state index in [2.05, 4.69) is 65.8 Å². The Balaban J connectivity index is 1.70. The van der Waals surface area contributed by atoms with Crippen LogP contribution < -0.4 is 29.7 Å². The maximum Gasteiger partial charge on any atom is 0.299 e. The number of para-hydroxylation sites is 1. The van der Waals surface area contributed by atoms with Crippen molar-refractivity contribution in [2.45, 2.75) is 43.9 Å². The molecule has 0 unspecified atom stereocenters. The van der Waals surface area contributed by atoms with Gasteiger partial charge < -0.3 is 14.4 Å². The fourth-order valence-corrected chi connectivity index (χ4v) is 5.56. The van der Waals surface area contributed by atoms with E-state index in [9.17, 15) is 0 Å². The molecule has 190 valence electrons. The standard InChI is InChI=1S/C28H36N5O2S/c1-6-11-26(29)30-15-10-9-14-27-31-20(17-28-33(3)21-12-7-8-13-25(21)36-28)19-16-23(34-4)24(35-5)18-22(19)32(27)2/h7-8,12-13,16-18H,6,9-11,14-15H2,1-5H3,(H2,29,30)/q+1/p+1. The molecule has 0 bridgehead atoms. The van der Waals surface area contributed by atoms with Crippen LogP contribution in [0.4, 0.5) is 5.69 Å². The van der Waals surface area contributed by atoms with E-state index in [0.717, 1.165) is 71.9 Å². The molecule has 8 heteroatoms. The Kier molecular flexibility index (Phi) is 8.36. The van der Waals surface area contributed by atoms with Gasteiger partial charge in [-0.2, -0.15) is 0 Å². The first-order chi connectivity index (χ1) is 17.5. The van der Waals surface area contributed by atoms with E-state index in [4.69, 9.17) is 20.2 Å². The zero-order valence-electron chi connectivity index (χ0n) is 21.9. The van der Waals surface area contributed by atoms with Gasteiger partial charge in [0.2, 0.25) is 5.84 Å². The Bertz CT molecular complexity index is 1300. The van der Waals surface area contributed by atoms with Crippen molar-refractivity contribution in [2.75, 3.05) is 32.7 Å². The van der Waals surface area contributed by atoms with Gasteiger partial charge in [0.15, 0.2) is 17.2 Å². The van der Waals surface area contributed by atoms with Crippen LogP contribution in [-0.4, -0.2) is 38.6 Å². The van der Waals surface area contributed by atoms with E-state index in [1.807, 2.05) is 12.1 Å². The van der Waals surface area contributed by atoms with Crippen LogP contribution in [-0.2, 0) is 13.5 Å². The molecule has 0 saturated carbocycles. The molecule has 0 amide bonds. The number of unbranched alkanes of at least 4 members (excludes halogenated alkanes) is 1. The number of rotatable bonds is 10. The molecule has 1 aliphatic rings. The Hall–Kier alpha value is -3.26. The number of nitrogens with zero attached hydrogens (tertiary/aromatic N) is 3. The number of ether oxygens (including phenoxy) is 2. The molecule has 2 aromatic carbocycles. The van der Waals surface area contributed by atoms with Gasteiger partial charge in [0.1, 0.15) is 5.52 Å². The average Bonchev–Trinajstić information content (AvgIpc) is 3.20. The summed E-state index contributed by atoms with van der Waals surface area (Å²) in [4.78, 5) is 12.0. The molecule has 0 spiro atoms. The van der Waals surface area contributed by atoms with Crippen molar-refractivity contribution in [3.63, 3.8) is 0 Å². The second-order valence-corrected chi connectivity index (χ2v) is 10.0. The predicted molar refractivity (Wildman–Crippen MR) is 148 cm³/mol. The van der Waals surface area contributed by atoms with E-state index in [0.29, 0.717) is 11.5 Å². The molecule has 0 fully saturated rings. The first kappa shape index (κ1) is 25.8. The minimum Gasteiger partial charge on any atom is -0.493 e. The molecular formula is C28H37N5O2S+2. The van der Waals surface area contributed by atoms with Gasteiger partial charge in [-0.05, 0) is 42.4 Å². The van der Waals surface area contributed by atoms with Crippen molar-refractivity contribution >= 4 is 40.3 Å². The SMILES string of the molecule is CCCC(N)=[NH+]CCCCc1nc(C=C2Sc3ccccc3N2C)c2cc(OC)c(OC)cc2[n+]1C. The van der Waals surface area contributed by atoms with Gasteiger partial charge in [0.05, 0.1) is 50.3 Å². The van der Waals surface area contributed by atoms with Gasteiger partial charge >= 0.3 is 0 Å². The van der Waals surface area contributed by atoms with E-state index in [-0.39, 0.29) is 0 Å². The molecule has 0 radical (unpaired) electrons. The lowest BCUT2D eigenvalue weighted by Crippen LogP contribution is -2.75. The van der Waals surface area contributed by atoms with Crippen LogP contribution in [0.25, 0.3) is 17.0 Å². The fraction of sp³-hybridized carbons (Fsp3) is 0.393. The number of thioether (sulfide) groups is 1. The van der Waals surface area contributed by atoms with Gasteiger partial charge in [0.25, 0.3) is 5.82 Å². The lowest BCUT2D eigenvalue weighted by molar-refractivity contribution is -0.656. The fourth-order valence-electron chi connectivity index (χ4n) is 4.48. The molecule has 2 heterocycles. The van der Waals surface area contributed by atoms with Crippen LogP contribution in [0.1, 0.15) is 44.1 Å². The van der Waals surface area contributed by atoms with Crippen LogP contribution in [0.5, 0.6) is 11.5 Å². The molecule has 1 aromatic heterocycles. The molecule has 0 aliphatic carbocycles. The van der Waals surface area contributed by atoms with Crippen LogP contribution >= 0.6 is 11.8 Å². The van der Waals surface area contributed by atoms with E-state index >= 15 is 0 Å². The smallest absolute Gasteiger partial charge is 0.299 e. The van der Waals surface area contributed by atoms with Gasteiger partial charge in [-0.15, -0.1) is 0 Å². The molecule has 4 rings (SSSR count). The zero-order chi connectivity index (χ0) is 25.7. The summed E-state index contributed by atoms with van der Waals surface area (Å²) in [5, 5.41) is 2.17. The Morgan fingerprint density at radius 2 is 1.92 bits per heavy atom. The van der Waals surface area contributed by atoms with E-state index < -0.39 is 0 Å². The number of benzene rings is 2. The second-order valence-electron chi connectivity index (χ2n) is 8.97. The normalized spacial score (nSPS) is 14.5. The number of fused-ring (bicyclic) bond motifs is 2. The summed E-state index contributed by atoms with van der Waals surface area (Å²) in [5.41, 5.74) is 9.22.